The molecule has 30 heavy (non-hydrogen) atoms. The molecule has 0 saturated carbocycles. The van der Waals surface area contributed by atoms with Crippen LogP contribution in [0.15, 0.2) is 78.9 Å². The van der Waals surface area contributed by atoms with Crippen LogP contribution in [-0.2, 0) is 17.6 Å². The average Bonchev–Trinajstić information content (AvgIpc) is 3.19. The van der Waals surface area contributed by atoms with Gasteiger partial charge in [0.2, 0.25) is 5.91 Å². The number of nitrogens with one attached hydrogen (secondary N) is 2. The van der Waals surface area contributed by atoms with Crippen LogP contribution in [0.5, 0.6) is 0 Å². The zero-order chi connectivity index (χ0) is 20.9. The van der Waals surface area contributed by atoms with E-state index in [4.69, 9.17) is 11.6 Å². The summed E-state index contributed by atoms with van der Waals surface area (Å²) in [5, 5.41) is 6.22. The molecule has 0 radical (unpaired) electrons. The van der Waals surface area contributed by atoms with Gasteiger partial charge in [-0.2, -0.15) is 0 Å². The average molecular weight is 420 g/mol. The maximum Gasteiger partial charge on any atom is 0.319 e. The Morgan fingerprint density at radius 3 is 2.40 bits per heavy atom. The lowest BCUT2D eigenvalue weighted by atomic mass is 10.0. The Morgan fingerprint density at radius 2 is 1.63 bits per heavy atom. The highest BCUT2D eigenvalue weighted by atomic mass is 35.5. The Labute approximate surface area is 180 Å². The number of amides is 3. The standard InChI is InChI=1S/C24H22ClN3O2/c25-19-10-12-20(13-11-19)26-24(30)27-21(16-17-6-2-1-3-7-17)23(29)28-15-14-18-8-4-5-9-22(18)28/h1-13,21H,14-16H2,(H2,26,27,30). The SMILES string of the molecule is O=C(Nc1ccc(Cl)cc1)NC(Cc1ccccc1)C(=O)N1CCc2ccccc21. The molecule has 0 saturated heterocycles. The number of carbonyl (C=O) groups excluding carboxylic acids is 2. The molecule has 1 aliphatic rings. The highest BCUT2D eigenvalue weighted by molar-refractivity contribution is 6.30. The summed E-state index contributed by atoms with van der Waals surface area (Å²) >= 11 is 5.90. The highest BCUT2D eigenvalue weighted by Gasteiger charge is 2.31. The first-order valence-electron chi connectivity index (χ1n) is 9.86. The molecule has 3 aromatic rings. The molecule has 0 aromatic heterocycles. The fraction of sp³-hybridized carbons (Fsp3) is 0.167. The van der Waals surface area contributed by atoms with Gasteiger partial charge in [0.05, 0.1) is 0 Å². The largest absolute Gasteiger partial charge is 0.326 e. The number of benzene rings is 3. The number of anilines is 2. The topological polar surface area (TPSA) is 61.4 Å². The smallest absolute Gasteiger partial charge is 0.319 e. The van der Waals surface area contributed by atoms with Gasteiger partial charge in [-0.3, -0.25) is 4.79 Å². The summed E-state index contributed by atoms with van der Waals surface area (Å²) in [6, 6.07) is 23.3. The van der Waals surface area contributed by atoms with Crippen LogP contribution in [0.4, 0.5) is 16.2 Å². The van der Waals surface area contributed by atoms with Crippen molar-refractivity contribution >= 4 is 34.9 Å². The van der Waals surface area contributed by atoms with Crippen molar-refractivity contribution in [2.75, 3.05) is 16.8 Å². The fourth-order valence-electron chi connectivity index (χ4n) is 3.66. The first-order chi connectivity index (χ1) is 14.6. The first-order valence-corrected chi connectivity index (χ1v) is 10.2. The molecule has 6 heteroatoms. The lowest BCUT2D eigenvalue weighted by molar-refractivity contribution is -0.120. The van der Waals surface area contributed by atoms with Crippen molar-refractivity contribution in [1.29, 1.82) is 0 Å². The third-order valence-corrected chi connectivity index (χ3v) is 5.39. The predicted octanol–water partition coefficient (Wildman–Crippen LogP) is 4.66. The normalized spacial score (nSPS) is 13.4. The molecule has 3 amide bonds. The summed E-state index contributed by atoms with van der Waals surface area (Å²) in [4.78, 5) is 27.8. The third-order valence-electron chi connectivity index (χ3n) is 5.14. The van der Waals surface area contributed by atoms with Crippen LogP contribution in [0.1, 0.15) is 11.1 Å². The quantitative estimate of drug-likeness (QED) is 0.631. The van der Waals surface area contributed by atoms with Crippen LogP contribution in [-0.4, -0.2) is 24.5 Å². The van der Waals surface area contributed by atoms with Gasteiger partial charge in [0.1, 0.15) is 6.04 Å². The zero-order valence-electron chi connectivity index (χ0n) is 16.3. The monoisotopic (exact) mass is 419 g/mol. The Bertz CT molecular complexity index is 1040. The molecule has 0 fully saturated rings. The lowest BCUT2D eigenvalue weighted by Gasteiger charge is -2.25. The summed E-state index contributed by atoms with van der Waals surface area (Å²) in [5.41, 5.74) is 3.65. The number of halogens is 1. The Kier molecular flexibility index (Phi) is 6.00. The second-order valence-electron chi connectivity index (χ2n) is 7.22. The van der Waals surface area contributed by atoms with Gasteiger partial charge in [-0.05, 0) is 47.9 Å². The van der Waals surface area contributed by atoms with Gasteiger partial charge in [-0.15, -0.1) is 0 Å². The molecule has 2 N–H and O–H groups in total. The van der Waals surface area contributed by atoms with Gasteiger partial charge in [0, 0.05) is 29.4 Å². The number of para-hydroxylation sites is 1. The molecule has 4 rings (SSSR count). The van der Waals surface area contributed by atoms with Crippen LogP contribution in [0.25, 0.3) is 0 Å². The van der Waals surface area contributed by atoms with Crippen molar-refractivity contribution in [3.8, 4) is 0 Å². The number of rotatable bonds is 5. The second kappa shape index (κ2) is 9.01. The molecule has 1 heterocycles. The van der Waals surface area contributed by atoms with Crippen molar-refractivity contribution in [3.63, 3.8) is 0 Å². The van der Waals surface area contributed by atoms with Crippen molar-refractivity contribution in [1.82, 2.24) is 5.32 Å². The fourth-order valence-corrected chi connectivity index (χ4v) is 3.79. The minimum Gasteiger partial charge on any atom is -0.326 e. The van der Waals surface area contributed by atoms with E-state index in [-0.39, 0.29) is 5.91 Å². The van der Waals surface area contributed by atoms with Gasteiger partial charge >= 0.3 is 6.03 Å². The Morgan fingerprint density at radius 1 is 0.933 bits per heavy atom. The summed E-state index contributed by atoms with van der Waals surface area (Å²) in [6.45, 7) is 0.615. The Hall–Kier alpha value is -3.31. The van der Waals surface area contributed by atoms with E-state index in [1.165, 1.54) is 0 Å². The molecule has 152 valence electrons. The second-order valence-corrected chi connectivity index (χ2v) is 7.65. The summed E-state index contributed by atoms with van der Waals surface area (Å²) in [5.74, 6) is -0.116. The maximum absolute atomic E-state index is 13.4. The van der Waals surface area contributed by atoms with E-state index in [1.807, 2.05) is 54.6 Å². The Balaban J connectivity index is 1.52. The summed E-state index contributed by atoms with van der Waals surface area (Å²) < 4.78 is 0. The first kappa shape index (κ1) is 20.0. The van der Waals surface area contributed by atoms with Crippen molar-refractivity contribution < 1.29 is 9.59 Å². The minimum atomic E-state index is -0.689. The predicted molar refractivity (Wildman–Crippen MR) is 120 cm³/mol. The van der Waals surface area contributed by atoms with Gasteiger partial charge in [0.15, 0.2) is 0 Å². The molecule has 3 aromatic carbocycles. The molecule has 0 spiro atoms. The van der Waals surface area contributed by atoms with Crippen LogP contribution in [0.3, 0.4) is 0 Å². The molecule has 5 nitrogen and oxygen atoms in total. The van der Waals surface area contributed by atoms with E-state index in [1.54, 1.807) is 29.2 Å². The van der Waals surface area contributed by atoms with Crippen molar-refractivity contribution in [3.05, 3.63) is 95.0 Å². The summed E-state index contributed by atoms with van der Waals surface area (Å²) in [6.07, 6.45) is 1.23. The molecule has 1 aliphatic heterocycles. The van der Waals surface area contributed by atoms with Crippen LogP contribution in [0, 0.1) is 0 Å². The molecular formula is C24H22ClN3O2. The molecular weight excluding hydrogens is 398 g/mol. The number of urea groups is 1. The minimum absolute atomic E-state index is 0.116. The number of carbonyl (C=O) groups is 2. The van der Waals surface area contributed by atoms with Crippen molar-refractivity contribution in [2.45, 2.75) is 18.9 Å². The summed E-state index contributed by atoms with van der Waals surface area (Å²) in [7, 11) is 0. The van der Waals surface area contributed by atoms with Crippen LogP contribution in [0.2, 0.25) is 5.02 Å². The number of fused-ring (bicyclic) bond motifs is 1. The zero-order valence-corrected chi connectivity index (χ0v) is 17.1. The highest BCUT2D eigenvalue weighted by Crippen LogP contribution is 2.28. The van der Waals surface area contributed by atoms with Crippen molar-refractivity contribution in [2.24, 2.45) is 0 Å². The van der Waals surface area contributed by atoms with E-state index in [0.29, 0.717) is 23.7 Å². The maximum atomic E-state index is 13.4. The van der Waals surface area contributed by atoms with E-state index in [9.17, 15) is 9.59 Å². The van der Waals surface area contributed by atoms with E-state index in [2.05, 4.69) is 10.6 Å². The molecule has 0 aliphatic carbocycles. The van der Waals surface area contributed by atoms with Crippen LogP contribution < -0.4 is 15.5 Å². The number of nitrogens with zero attached hydrogens (tertiary/aromatic N) is 1. The third kappa shape index (κ3) is 4.63. The molecule has 0 bridgehead atoms. The van der Waals surface area contributed by atoms with Gasteiger partial charge < -0.3 is 15.5 Å². The van der Waals surface area contributed by atoms with E-state index < -0.39 is 12.1 Å². The van der Waals surface area contributed by atoms with Gasteiger partial charge in [-0.25, -0.2) is 4.79 Å². The number of hydrogen-bond acceptors (Lipinski definition) is 2. The van der Waals surface area contributed by atoms with E-state index >= 15 is 0 Å². The van der Waals surface area contributed by atoms with E-state index in [0.717, 1.165) is 23.2 Å². The van der Waals surface area contributed by atoms with Gasteiger partial charge in [0.25, 0.3) is 0 Å². The van der Waals surface area contributed by atoms with Gasteiger partial charge in [-0.1, -0.05) is 60.1 Å². The molecule has 1 unspecified atom stereocenters. The lowest BCUT2D eigenvalue weighted by Crippen LogP contribution is -2.50. The van der Waals surface area contributed by atoms with Crippen LogP contribution >= 0.6 is 11.6 Å². The number of hydrogen-bond donors (Lipinski definition) is 2. The molecule has 1 atom stereocenters.